The lowest BCUT2D eigenvalue weighted by atomic mass is 10.1. The van der Waals surface area contributed by atoms with Crippen molar-refractivity contribution in [2.75, 3.05) is 31.1 Å². The first-order valence-corrected chi connectivity index (χ1v) is 7.72. The van der Waals surface area contributed by atoms with Gasteiger partial charge in [0.05, 0.1) is 23.3 Å². The second kappa shape index (κ2) is 6.29. The number of hydrogen-bond donors (Lipinski definition) is 0. The number of anilines is 1. The lowest BCUT2D eigenvalue weighted by Crippen LogP contribution is -2.54. The van der Waals surface area contributed by atoms with Crippen LogP contribution in [0, 0.1) is 11.3 Å². The number of benzene rings is 1. The molecule has 1 atom stereocenters. The van der Waals surface area contributed by atoms with Crippen molar-refractivity contribution >= 4 is 16.6 Å². The fraction of sp³-hybridized carbons (Fsp3) is 0.412. The van der Waals surface area contributed by atoms with Gasteiger partial charge in [-0.3, -0.25) is 9.88 Å². The van der Waals surface area contributed by atoms with E-state index >= 15 is 0 Å². The monoisotopic (exact) mass is 334 g/mol. The summed E-state index contributed by atoms with van der Waals surface area (Å²) in [4.78, 5) is 7.72. The molecule has 1 unspecified atom stereocenters. The molecule has 1 aromatic heterocycles. The van der Waals surface area contributed by atoms with E-state index in [1.165, 1.54) is 11.1 Å². The van der Waals surface area contributed by atoms with Gasteiger partial charge in [-0.1, -0.05) is 18.2 Å². The molecule has 24 heavy (non-hydrogen) atoms. The summed E-state index contributed by atoms with van der Waals surface area (Å²) in [6.07, 6.45) is -2.66. The van der Waals surface area contributed by atoms with Crippen LogP contribution in [0.1, 0.15) is 12.5 Å². The fourth-order valence-corrected chi connectivity index (χ4v) is 3.21. The highest BCUT2D eigenvalue weighted by atomic mass is 19.4. The third kappa shape index (κ3) is 3.29. The van der Waals surface area contributed by atoms with Gasteiger partial charge in [-0.05, 0) is 13.0 Å². The largest absolute Gasteiger partial charge is 0.401 e. The molecule has 4 nitrogen and oxygen atoms in total. The van der Waals surface area contributed by atoms with E-state index in [1.54, 1.807) is 6.92 Å². The summed E-state index contributed by atoms with van der Waals surface area (Å²) >= 11 is 0. The Balaban J connectivity index is 1.91. The third-order valence-electron chi connectivity index (χ3n) is 4.33. The zero-order chi connectivity index (χ0) is 17.3. The Bertz CT molecular complexity index is 781. The Kier molecular flexibility index (Phi) is 4.33. The molecule has 126 valence electrons. The van der Waals surface area contributed by atoms with Crippen LogP contribution in [0.2, 0.25) is 0 Å². The maximum atomic E-state index is 12.7. The van der Waals surface area contributed by atoms with Crippen LogP contribution in [-0.2, 0) is 0 Å². The second-order valence-electron chi connectivity index (χ2n) is 6.03. The molecule has 0 aliphatic carbocycles. The van der Waals surface area contributed by atoms with E-state index in [2.05, 4.69) is 11.1 Å². The number of nitriles is 1. The fourth-order valence-electron chi connectivity index (χ4n) is 3.21. The number of rotatable bonds is 2. The standard InChI is InChI=1S/C17H17F3N4/c1-12-10-23(6-7-24(12)11-17(18,19)20)16-13(8-21)9-22-15-5-3-2-4-14(15)16/h2-5,9,12H,6-7,10-11H2,1H3. The molecule has 2 aromatic rings. The molecule has 3 rings (SSSR count). The Labute approximate surface area is 138 Å². The van der Waals surface area contributed by atoms with E-state index in [-0.39, 0.29) is 6.04 Å². The van der Waals surface area contributed by atoms with Crippen LogP contribution < -0.4 is 4.90 Å². The van der Waals surface area contributed by atoms with Crippen molar-refractivity contribution in [3.05, 3.63) is 36.0 Å². The number of aromatic nitrogens is 1. The molecule has 1 saturated heterocycles. The Hall–Kier alpha value is -2.33. The maximum Gasteiger partial charge on any atom is 0.401 e. The van der Waals surface area contributed by atoms with E-state index < -0.39 is 12.7 Å². The average Bonchev–Trinajstić information content (AvgIpc) is 2.54. The minimum absolute atomic E-state index is 0.251. The molecule has 0 saturated carbocycles. The van der Waals surface area contributed by atoms with E-state index in [9.17, 15) is 18.4 Å². The molecule has 0 N–H and O–H groups in total. The van der Waals surface area contributed by atoms with Crippen LogP contribution in [-0.4, -0.2) is 48.3 Å². The predicted molar refractivity (Wildman–Crippen MR) is 85.8 cm³/mol. The Morgan fingerprint density at radius 1 is 1.29 bits per heavy atom. The maximum absolute atomic E-state index is 12.7. The number of fused-ring (bicyclic) bond motifs is 1. The molecule has 0 amide bonds. The number of piperazine rings is 1. The van der Waals surface area contributed by atoms with E-state index in [0.29, 0.717) is 25.2 Å². The minimum atomic E-state index is -4.20. The van der Waals surface area contributed by atoms with Crippen molar-refractivity contribution in [1.29, 1.82) is 5.26 Å². The SMILES string of the molecule is CC1CN(c2c(C#N)cnc3ccccc23)CCN1CC(F)(F)F. The summed E-state index contributed by atoms with van der Waals surface area (Å²) in [5.41, 5.74) is 1.99. The van der Waals surface area contributed by atoms with E-state index in [4.69, 9.17) is 0 Å². The molecular weight excluding hydrogens is 317 g/mol. The molecule has 0 radical (unpaired) electrons. The van der Waals surface area contributed by atoms with Crippen molar-refractivity contribution in [3.63, 3.8) is 0 Å². The lowest BCUT2D eigenvalue weighted by Gasteiger charge is -2.41. The average molecular weight is 334 g/mol. The lowest BCUT2D eigenvalue weighted by molar-refractivity contribution is -0.150. The summed E-state index contributed by atoms with van der Waals surface area (Å²) in [7, 11) is 0. The zero-order valence-corrected chi connectivity index (χ0v) is 13.2. The van der Waals surface area contributed by atoms with Gasteiger partial charge in [-0.25, -0.2) is 0 Å². The molecule has 0 spiro atoms. The number of para-hydroxylation sites is 1. The van der Waals surface area contributed by atoms with Crippen LogP contribution in [0.5, 0.6) is 0 Å². The minimum Gasteiger partial charge on any atom is -0.367 e. The number of hydrogen-bond acceptors (Lipinski definition) is 4. The van der Waals surface area contributed by atoms with Gasteiger partial charge in [0.2, 0.25) is 0 Å². The van der Waals surface area contributed by atoms with Crippen LogP contribution in [0.25, 0.3) is 10.9 Å². The first kappa shape index (κ1) is 16.5. The molecule has 1 fully saturated rings. The molecule has 1 aliphatic rings. The van der Waals surface area contributed by atoms with Gasteiger partial charge < -0.3 is 4.90 Å². The van der Waals surface area contributed by atoms with E-state index in [1.807, 2.05) is 29.2 Å². The van der Waals surface area contributed by atoms with Gasteiger partial charge >= 0.3 is 6.18 Å². The Morgan fingerprint density at radius 3 is 2.71 bits per heavy atom. The smallest absolute Gasteiger partial charge is 0.367 e. The Morgan fingerprint density at radius 2 is 2.04 bits per heavy atom. The van der Waals surface area contributed by atoms with Crippen molar-refractivity contribution in [2.45, 2.75) is 19.1 Å². The van der Waals surface area contributed by atoms with Gasteiger partial charge in [0.25, 0.3) is 0 Å². The summed E-state index contributed by atoms with van der Waals surface area (Å²) < 4.78 is 38.0. The normalized spacial score (nSPS) is 19.5. The summed E-state index contributed by atoms with van der Waals surface area (Å²) in [6.45, 7) is 2.08. The zero-order valence-electron chi connectivity index (χ0n) is 13.2. The molecule has 1 aromatic carbocycles. The first-order valence-electron chi connectivity index (χ1n) is 7.72. The van der Waals surface area contributed by atoms with Gasteiger partial charge in [-0.15, -0.1) is 0 Å². The van der Waals surface area contributed by atoms with Crippen molar-refractivity contribution < 1.29 is 13.2 Å². The molecular formula is C17H17F3N4. The summed E-state index contributed by atoms with van der Waals surface area (Å²) in [5, 5.41) is 10.3. The predicted octanol–water partition coefficient (Wildman–Crippen LogP) is 3.18. The van der Waals surface area contributed by atoms with E-state index in [0.717, 1.165) is 16.6 Å². The number of halogens is 3. The highest BCUT2D eigenvalue weighted by molar-refractivity contribution is 5.94. The van der Waals surface area contributed by atoms with Crippen molar-refractivity contribution in [1.82, 2.24) is 9.88 Å². The summed E-state index contributed by atoms with van der Waals surface area (Å²) in [5.74, 6) is 0. The molecule has 1 aliphatic heterocycles. The van der Waals surface area contributed by atoms with Crippen molar-refractivity contribution in [2.24, 2.45) is 0 Å². The van der Waals surface area contributed by atoms with Crippen LogP contribution in [0.4, 0.5) is 18.9 Å². The quantitative estimate of drug-likeness (QED) is 0.846. The number of alkyl halides is 3. The number of pyridine rings is 1. The van der Waals surface area contributed by atoms with Gasteiger partial charge in [-0.2, -0.15) is 18.4 Å². The van der Waals surface area contributed by atoms with Crippen LogP contribution >= 0.6 is 0 Å². The second-order valence-corrected chi connectivity index (χ2v) is 6.03. The summed E-state index contributed by atoms with van der Waals surface area (Å²) in [6, 6.07) is 9.40. The van der Waals surface area contributed by atoms with Gasteiger partial charge in [0.1, 0.15) is 6.07 Å². The molecule has 7 heteroatoms. The topological polar surface area (TPSA) is 43.2 Å². The molecule has 2 heterocycles. The third-order valence-corrected chi connectivity index (χ3v) is 4.33. The number of nitrogens with zero attached hydrogens (tertiary/aromatic N) is 4. The highest BCUT2D eigenvalue weighted by Crippen LogP contribution is 2.31. The van der Waals surface area contributed by atoms with Crippen molar-refractivity contribution in [3.8, 4) is 6.07 Å². The first-order chi connectivity index (χ1) is 11.4. The molecule has 0 bridgehead atoms. The highest BCUT2D eigenvalue weighted by Gasteiger charge is 2.35. The van der Waals surface area contributed by atoms with Gasteiger partial charge in [0, 0.05) is 37.3 Å². The van der Waals surface area contributed by atoms with Crippen LogP contribution in [0.3, 0.4) is 0 Å². The van der Waals surface area contributed by atoms with Gasteiger partial charge in [0.15, 0.2) is 0 Å². The van der Waals surface area contributed by atoms with Crippen LogP contribution in [0.15, 0.2) is 30.5 Å².